The predicted molar refractivity (Wildman–Crippen MR) is 83.3 cm³/mol. The summed E-state index contributed by atoms with van der Waals surface area (Å²) in [4.78, 5) is 22.3. The highest BCUT2D eigenvalue weighted by molar-refractivity contribution is 5.82. The van der Waals surface area contributed by atoms with E-state index in [1.54, 1.807) is 13.8 Å². The second-order valence-corrected chi connectivity index (χ2v) is 5.21. The third kappa shape index (κ3) is 7.98. The zero-order valence-corrected chi connectivity index (χ0v) is 13.5. The molecule has 1 atom stereocenters. The van der Waals surface area contributed by atoms with Crippen molar-refractivity contribution in [2.75, 3.05) is 19.8 Å². The fraction of sp³-hybridized carbons (Fsp3) is 0.647. The molecule has 1 heterocycles. The van der Waals surface area contributed by atoms with Crippen LogP contribution in [0.1, 0.15) is 46.0 Å². The summed E-state index contributed by atoms with van der Waals surface area (Å²) in [5.41, 5.74) is -0.0310. The number of epoxide rings is 1. The molecule has 0 aromatic rings. The average molecular weight is 310 g/mol. The third-order valence-corrected chi connectivity index (χ3v) is 3.40. The van der Waals surface area contributed by atoms with Crippen molar-refractivity contribution >= 4 is 11.9 Å². The van der Waals surface area contributed by atoms with Gasteiger partial charge in [0.2, 0.25) is 0 Å². The van der Waals surface area contributed by atoms with Crippen LogP contribution in [0.15, 0.2) is 24.3 Å². The van der Waals surface area contributed by atoms with Crippen molar-refractivity contribution in [2.45, 2.75) is 51.6 Å². The van der Waals surface area contributed by atoms with Crippen molar-refractivity contribution in [3.05, 3.63) is 24.3 Å². The van der Waals surface area contributed by atoms with E-state index in [1.165, 1.54) is 12.2 Å². The summed E-state index contributed by atoms with van der Waals surface area (Å²) in [7, 11) is 0. The molecule has 0 aromatic carbocycles. The highest BCUT2D eigenvalue weighted by Crippen LogP contribution is 2.37. The van der Waals surface area contributed by atoms with Crippen molar-refractivity contribution in [3.63, 3.8) is 0 Å². The van der Waals surface area contributed by atoms with E-state index < -0.39 is 0 Å². The van der Waals surface area contributed by atoms with Crippen LogP contribution >= 0.6 is 0 Å². The molecule has 5 heteroatoms. The van der Waals surface area contributed by atoms with E-state index in [0.29, 0.717) is 13.2 Å². The molecule has 1 aliphatic rings. The molecular weight excluding hydrogens is 284 g/mol. The van der Waals surface area contributed by atoms with Gasteiger partial charge in [-0.1, -0.05) is 12.2 Å². The van der Waals surface area contributed by atoms with Gasteiger partial charge in [0, 0.05) is 12.2 Å². The summed E-state index contributed by atoms with van der Waals surface area (Å²) in [6.07, 6.45) is 11.1. The number of unbranched alkanes of at least 4 members (excludes halogenated alkanes) is 1. The molecule has 0 N–H and O–H groups in total. The first-order valence-electron chi connectivity index (χ1n) is 7.92. The van der Waals surface area contributed by atoms with E-state index in [-0.39, 0.29) is 17.5 Å². The Labute approximate surface area is 132 Å². The summed E-state index contributed by atoms with van der Waals surface area (Å²) in [5, 5.41) is 0. The second-order valence-electron chi connectivity index (χ2n) is 5.21. The van der Waals surface area contributed by atoms with Crippen molar-refractivity contribution in [1.82, 2.24) is 0 Å². The maximum Gasteiger partial charge on any atom is 0.330 e. The molecule has 0 aromatic heterocycles. The van der Waals surface area contributed by atoms with Gasteiger partial charge in [-0.15, -0.1) is 0 Å². The van der Waals surface area contributed by atoms with Crippen LogP contribution in [-0.2, 0) is 23.8 Å². The van der Waals surface area contributed by atoms with Gasteiger partial charge in [0.1, 0.15) is 0 Å². The van der Waals surface area contributed by atoms with Crippen molar-refractivity contribution < 1.29 is 23.8 Å². The highest BCUT2D eigenvalue weighted by Gasteiger charge is 2.42. The monoisotopic (exact) mass is 310 g/mol. The Bertz CT molecular complexity index is 407. The number of allylic oxidation sites excluding steroid dienone is 2. The molecule has 1 saturated heterocycles. The molecule has 1 fully saturated rings. The van der Waals surface area contributed by atoms with Gasteiger partial charge in [-0.2, -0.15) is 0 Å². The van der Waals surface area contributed by atoms with Crippen molar-refractivity contribution in [3.8, 4) is 0 Å². The summed E-state index contributed by atoms with van der Waals surface area (Å²) in [5.74, 6) is -0.582. The third-order valence-electron chi connectivity index (χ3n) is 3.40. The second kappa shape index (κ2) is 10.2. The minimum absolute atomic E-state index is 0.0310. The average Bonchev–Trinajstić information content (AvgIpc) is 3.24. The Morgan fingerprint density at radius 1 is 1.00 bits per heavy atom. The normalized spacial score (nSPS) is 20.5. The van der Waals surface area contributed by atoms with Crippen LogP contribution in [0.4, 0.5) is 0 Å². The van der Waals surface area contributed by atoms with Crippen LogP contribution < -0.4 is 0 Å². The van der Waals surface area contributed by atoms with Gasteiger partial charge in [0.15, 0.2) is 0 Å². The molecule has 1 unspecified atom stereocenters. The maximum atomic E-state index is 11.1. The molecule has 0 saturated carbocycles. The van der Waals surface area contributed by atoms with E-state index >= 15 is 0 Å². The Kier molecular flexibility index (Phi) is 8.51. The molecule has 0 radical (unpaired) electrons. The lowest BCUT2D eigenvalue weighted by Crippen LogP contribution is -2.10. The Balaban J connectivity index is 2.12. The lowest BCUT2D eigenvalue weighted by atomic mass is 9.97. The molecule has 1 aliphatic heterocycles. The first kappa shape index (κ1) is 18.4. The summed E-state index contributed by atoms with van der Waals surface area (Å²) in [6, 6.07) is 0. The molecule has 22 heavy (non-hydrogen) atoms. The smallest absolute Gasteiger partial charge is 0.330 e. The lowest BCUT2D eigenvalue weighted by Gasteiger charge is -2.09. The molecular formula is C17H26O5. The fourth-order valence-electron chi connectivity index (χ4n) is 2.14. The standard InChI is InChI=1S/C17H26O5/c1-3-20-15(18)10-6-5-8-12-17(14-22-17)13-9-7-11-16(19)21-4-2/h6-7,10-11H,3-5,8-9,12-14H2,1-2H3/b10-6+,11-7+. The zero-order valence-electron chi connectivity index (χ0n) is 13.5. The molecule has 124 valence electrons. The van der Waals surface area contributed by atoms with Gasteiger partial charge >= 0.3 is 11.9 Å². The number of carbonyl (C=O) groups is 2. The minimum Gasteiger partial charge on any atom is -0.463 e. The number of hydrogen-bond acceptors (Lipinski definition) is 5. The van der Waals surface area contributed by atoms with E-state index in [0.717, 1.165) is 38.7 Å². The van der Waals surface area contributed by atoms with Crippen LogP contribution in [0.5, 0.6) is 0 Å². The van der Waals surface area contributed by atoms with Crippen LogP contribution in [-0.4, -0.2) is 37.4 Å². The zero-order chi connectivity index (χ0) is 16.3. The maximum absolute atomic E-state index is 11.1. The van der Waals surface area contributed by atoms with E-state index in [4.69, 9.17) is 14.2 Å². The van der Waals surface area contributed by atoms with Crippen LogP contribution in [0, 0.1) is 0 Å². The van der Waals surface area contributed by atoms with Gasteiger partial charge in [0.05, 0.1) is 25.4 Å². The Morgan fingerprint density at radius 2 is 1.55 bits per heavy atom. The van der Waals surface area contributed by atoms with Crippen LogP contribution in [0.25, 0.3) is 0 Å². The predicted octanol–water partition coefficient (Wildman–Crippen LogP) is 2.94. The highest BCUT2D eigenvalue weighted by atomic mass is 16.6. The van der Waals surface area contributed by atoms with Crippen LogP contribution in [0.2, 0.25) is 0 Å². The van der Waals surface area contributed by atoms with E-state index in [1.807, 2.05) is 12.2 Å². The Hall–Kier alpha value is -1.62. The fourth-order valence-corrected chi connectivity index (χ4v) is 2.14. The largest absolute Gasteiger partial charge is 0.463 e. The van der Waals surface area contributed by atoms with Crippen LogP contribution in [0.3, 0.4) is 0 Å². The first-order valence-corrected chi connectivity index (χ1v) is 7.92. The molecule has 5 nitrogen and oxygen atoms in total. The van der Waals surface area contributed by atoms with Gasteiger partial charge in [-0.3, -0.25) is 0 Å². The quantitative estimate of drug-likeness (QED) is 0.254. The lowest BCUT2D eigenvalue weighted by molar-refractivity contribution is -0.138. The summed E-state index contributed by atoms with van der Waals surface area (Å²) in [6.45, 7) is 5.16. The number of hydrogen-bond donors (Lipinski definition) is 0. The summed E-state index contributed by atoms with van der Waals surface area (Å²) < 4.78 is 15.2. The van der Waals surface area contributed by atoms with Gasteiger partial charge in [-0.25, -0.2) is 9.59 Å². The number of esters is 2. The molecule has 0 amide bonds. The van der Waals surface area contributed by atoms with Crippen molar-refractivity contribution in [1.29, 1.82) is 0 Å². The van der Waals surface area contributed by atoms with E-state index in [2.05, 4.69) is 0 Å². The van der Waals surface area contributed by atoms with Crippen molar-refractivity contribution in [2.24, 2.45) is 0 Å². The molecule has 0 bridgehead atoms. The Morgan fingerprint density at radius 3 is 2.05 bits per heavy atom. The number of carbonyl (C=O) groups excluding carboxylic acids is 2. The molecule has 1 rings (SSSR count). The first-order chi connectivity index (χ1) is 10.6. The SMILES string of the molecule is CCOC(=O)/C=C/CCCC1(CC/C=C/C(=O)OCC)CO1. The minimum atomic E-state index is -0.294. The molecule has 0 aliphatic carbocycles. The van der Waals surface area contributed by atoms with Gasteiger partial charge < -0.3 is 14.2 Å². The topological polar surface area (TPSA) is 65.1 Å². The molecule has 0 spiro atoms. The number of ether oxygens (including phenoxy) is 3. The van der Waals surface area contributed by atoms with Gasteiger partial charge in [-0.05, 0) is 46.0 Å². The van der Waals surface area contributed by atoms with Gasteiger partial charge in [0.25, 0.3) is 0 Å². The van der Waals surface area contributed by atoms with E-state index in [9.17, 15) is 9.59 Å². The summed E-state index contributed by atoms with van der Waals surface area (Å²) >= 11 is 0. The number of rotatable bonds is 11.